The van der Waals surface area contributed by atoms with Gasteiger partial charge in [0, 0.05) is 32.1 Å². The van der Waals surface area contributed by atoms with Crippen molar-refractivity contribution >= 4 is 11.2 Å². The van der Waals surface area contributed by atoms with E-state index in [4.69, 9.17) is 4.98 Å². The highest BCUT2D eigenvalue weighted by atomic mass is 16.1. The first kappa shape index (κ1) is 23.6. The van der Waals surface area contributed by atoms with E-state index in [1.54, 1.807) is 10.5 Å². The number of fused-ring (bicyclic) bond motifs is 1. The van der Waals surface area contributed by atoms with Crippen molar-refractivity contribution in [3.05, 3.63) is 76.5 Å². The predicted molar refractivity (Wildman–Crippen MR) is 128 cm³/mol. The van der Waals surface area contributed by atoms with Crippen LogP contribution < -0.4 is 10.9 Å². The SMILES string of the molecule is C=C(/C=C\C(=C/C)c1cc(=O)n2cc(C3CCNCC3)ccc2n1)N(C)C.CCC. The Balaban J connectivity index is 0.00000101. The molecule has 1 N–H and O–H groups in total. The zero-order valence-corrected chi connectivity index (χ0v) is 19.1. The number of likely N-dealkylation sites (N-methyl/N-ethyl adjacent to an activating group) is 1. The molecular weight excluding hydrogens is 372 g/mol. The second kappa shape index (κ2) is 11.5. The molecule has 0 aliphatic carbocycles. The maximum absolute atomic E-state index is 12.7. The van der Waals surface area contributed by atoms with E-state index in [9.17, 15) is 4.79 Å². The summed E-state index contributed by atoms with van der Waals surface area (Å²) < 4.78 is 1.66. The van der Waals surface area contributed by atoms with Gasteiger partial charge in [-0.3, -0.25) is 9.20 Å². The van der Waals surface area contributed by atoms with Crippen molar-refractivity contribution in [1.29, 1.82) is 0 Å². The smallest absolute Gasteiger partial charge is 0.258 e. The van der Waals surface area contributed by atoms with Crippen LogP contribution in [0.4, 0.5) is 0 Å². The molecule has 2 aromatic heterocycles. The molecule has 0 spiro atoms. The van der Waals surface area contributed by atoms with E-state index in [1.807, 2.05) is 56.4 Å². The highest BCUT2D eigenvalue weighted by Gasteiger charge is 2.16. The molecule has 1 aliphatic rings. The van der Waals surface area contributed by atoms with Crippen LogP contribution >= 0.6 is 0 Å². The lowest BCUT2D eigenvalue weighted by atomic mass is 9.91. The van der Waals surface area contributed by atoms with Gasteiger partial charge >= 0.3 is 0 Å². The number of rotatable bonds is 5. The van der Waals surface area contributed by atoms with Crippen LogP contribution in [-0.4, -0.2) is 41.5 Å². The summed E-state index contributed by atoms with van der Waals surface area (Å²) in [7, 11) is 3.89. The fourth-order valence-corrected chi connectivity index (χ4v) is 3.33. The fraction of sp³-hybridized carbons (Fsp3) is 0.440. The minimum atomic E-state index is -0.0510. The fourth-order valence-electron chi connectivity index (χ4n) is 3.33. The molecule has 0 bridgehead atoms. The summed E-state index contributed by atoms with van der Waals surface area (Å²) in [4.78, 5) is 19.4. The maximum Gasteiger partial charge on any atom is 0.258 e. The summed E-state index contributed by atoms with van der Waals surface area (Å²) in [5.41, 5.74) is 4.31. The molecule has 1 aliphatic heterocycles. The molecule has 5 heteroatoms. The normalized spacial score (nSPS) is 15.2. The molecule has 3 heterocycles. The molecule has 0 unspecified atom stereocenters. The van der Waals surface area contributed by atoms with E-state index >= 15 is 0 Å². The van der Waals surface area contributed by atoms with Crippen LogP contribution in [0.1, 0.15) is 57.2 Å². The molecule has 5 nitrogen and oxygen atoms in total. The third kappa shape index (κ3) is 6.17. The van der Waals surface area contributed by atoms with E-state index in [0.29, 0.717) is 17.3 Å². The standard InChI is InChI=1S/C22H28N4O.C3H8/c1-5-17(7-6-16(2)25(3)4)20-14-22(27)26-15-19(8-9-21(26)24-20)18-10-12-23-13-11-18;1-3-2/h5-9,14-15,18,23H,2,10-13H2,1,3-4H3;3H2,1-2H3/b7-6-,17-5+;. The lowest BCUT2D eigenvalue weighted by molar-refractivity contribution is 0.459. The van der Waals surface area contributed by atoms with Crippen LogP contribution in [0.5, 0.6) is 0 Å². The topological polar surface area (TPSA) is 49.6 Å². The Morgan fingerprint density at radius 1 is 1.27 bits per heavy atom. The molecule has 162 valence electrons. The summed E-state index contributed by atoms with van der Waals surface area (Å²) >= 11 is 0. The van der Waals surface area contributed by atoms with E-state index in [-0.39, 0.29) is 5.56 Å². The van der Waals surface area contributed by atoms with Gasteiger partial charge in [0.25, 0.3) is 5.56 Å². The van der Waals surface area contributed by atoms with Crippen molar-refractivity contribution in [1.82, 2.24) is 19.6 Å². The van der Waals surface area contributed by atoms with Crippen LogP contribution in [0.15, 0.2) is 59.7 Å². The molecule has 0 atom stereocenters. The third-order valence-corrected chi connectivity index (χ3v) is 5.13. The Hall–Kier alpha value is -2.66. The zero-order chi connectivity index (χ0) is 22.1. The van der Waals surface area contributed by atoms with E-state index in [1.165, 1.54) is 12.0 Å². The number of nitrogens with one attached hydrogen (secondary N) is 1. The van der Waals surface area contributed by atoms with Gasteiger partial charge in [0.05, 0.1) is 5.69 Å². The monoisotopic (exact) mass is 408 g/mol. The molecule has 0 saturated carbocycles. The minimum absolute atomic E-state index is 0.0510. The van der Waals surface area contributed by atoms with Crippen molar-refractivity contribution in [2.45, 2.75) is 46.0 Å². The number of piperidine rings is 1. The molecule has 0 amide bonds. The van der Waals surface area contributed by atoms with Crippen LogP contribution in [0, 0.1) is 0 Å². The molecule has 0 radical (unpaired) electrons. The Morgan fingerprint density at radius 3 is 2.53 bits per heavy atom. The van der Waals surface area contributed by atoms with Gasteiger partial charge in [-0.05, 0) is 62.1 Å². The van der Waals surface area contributed by atoms with Crippen LogP contribution in [0.3, 0.4) is 0 Å². The van der Waals surface area contributed by atoms with Crippen molar-refractivity contribution in [3.8, 4) is 0 Å². The molecule has 1 fully saturated rings. The minimum Gasteiger partial charge on any atom is -0.378 e. The molecular formula is C25H36N4O. The summed E-state index contributed by atoms with van der Waals surface area (Å²) in [6, 6.07) is 5.68. The maximum atomic E-state index is 12.7. The van der Waals surface area contributed by atoms with Crippen molar-refractivity contribution in [2.24, 2.45) is 0 Å². The Morgan fingerprint density at radius 2 is 1.93 bits per heavy atom. The third-order valence-electron chi connectivity index (χ3n) is 5.13. The number of pyridine rings is 1. The molecule has 3 rings (SSSR count). The van der Waals surface area contributed by atoms with E-state index in [2.05, 4.69) is 31.8 Å². The van der Waals surface area contributed by atoms with Gasteiger partial charge < -0.3 is 10.2 Å². The highest BCUT2D eigenvalue weighted by molar-refractivity contribution is 5.72. The van der Waals surface area contributed by atoms with E-state index in [0.717, 1.165) is 37.2 Å². The number of aromatic nitrogens is 2. The summed E-state index contributed by atoms with van der Waals surface area (Å²) in [6.07, 6.45) is 11.3. The summed E-state index contributed by atoms with van der Waals surface area (Å²) in [5, 5.41) is 3.38. The van der Waals surface area contributed by atoms with Crippen LogP contribution in [-0.2, 0) is 0 Å². The molecule has 1 saturated heterocycles. The number of allylic oxidation sites excluding steroid dienone is 4. The van der Waals surface area contributed by atoms with Crippen molar-refractivity contribution in [2.75, 3.05) is 27.2 Å². The van der Waals surface area contributed by atoms with E-state index < -0.39 is 0 Å². The van der Waals surface area contributed by atoms with Gasteiger partial charge in [0.1, 0.15) is 5.65 Å². The van der Waals surface area contributed by atoms with Crippen molar-refractivity contribution < 1.29 is 0 Å². The average Bonchev–Trinajstić information content (AvgIpc) is 2.75. The molecule has 0 aromatic carbocycles. The number of nitrogens with zero attached hydrogens (tertiary/aromatic N) is 3. The van der Waals surface area contributed by atoms with Crippen molar-refractivity contribution in [3.63, 3.8) is 0 Å². The summed E-state index contributed by atoms with van der Waals surface area (Å²) in [6.45, 7) is 12.3. The Labute approximate surface area is 180 Å². The van der Waals surface area contributed by atoms with Gasteiger partial charge in [-0.25, -0.2) is 4.98 Å². The van der Waals surface area contributed by atoms with Gasteiger partial charge in [0.2, 0.25) is 0 Å². The molecule has 30 heavy (non-hydrogen) atoms. The van der Waals surface area contributed by atoms with Gasteiger partial charge in [0.15, 0.2) is 0 Å². The number of hydrogen-bond donors (Lipinski definition) is 1. The second-order valence-corrected chi connectivity index (χ2v) is 7.86. The van der Waals surface area contributed by atoms with Gasteiger partial charge in [-0.15, -0.1) is 0 Å². The lowest BCUT2D eigenvalue weighted by Gasteiger charge is -2.23. The van der Waals surface area contributed by atoms with Crippen LogP contribution in [0.25, 0.3) is 11.2 Å². The quantitative estimate of drug-likeness (QED) is 0.734. The number of hydrogen-bond acceptors (Lipinski definition) is 4. The first-order valence-electron chi connectivity index (χ1n) is 10.9. The average molecular weight is 409 g/mol. The second-order valence-electron chi connectivity index (χ2n) is 7.86. The zero-order valence-electron chi connectivity index (χ0n) is 19.1. The summed E-state index contributed by atoms with van der Waals surface area (Å²) in [5.74, 6) is 0.508. The first-order chi connectivity index (χ1) is 14.4. The van der Waals surface area contributed by atoms with Gasteiger partial charge in [-0.2, -0.15) is 0 Å². The highest BCUT2D eigenvalue weighted by Crippen LogP contribution is 2.25. The van der Waals surface area contributed by atoms with Crippen LogP contribution in [0.2, 0.25) is 0 Å². The Bertz CT molecular complexity index is 963. The molecule has 2 aromatic rings. The predicted octanol–water partition coefficient (Wildman–Crippen LogP) is 4.61. The lowest BCUT2D eigenvalue weighted by Crippen LogP contribution is -2.27. The first-order valence-corrected chi connectivity index (χ1v) is 10.9. The Kier molecular flexibility index (Phi) is 9.06. The largest absolute Gasteiger partial charge is 0.378 e. The van der Waals surface area contributed by atoms with Gasteiger partial charge in [-0.1, -0.05) is 45.1 Å².